The van der Waals surface area contributed by atoms with Crippen LogP contribution in [0.4, 0.5) is 47.4 Å². The van der Waals surface area contributed by atoms with Crippen molar-refractivity contribution in [2.45, 2.75) is 51.6 Å². The van der Waals surface area contributed by atoms with Crippen LogP contribution in [0.1, 0.15) is 61.1 Å². The average molecular weight is 1080 g/mol. The van der Waals surface area contributed by atoms with Crippen LogP contribution in [0, 0.1) is 6.92 Å². The molecule has 1 heterocycles. The van der Waals surface area contributed by atoms with E-state index in [-0.39, 0.29) is 10.8 Å². The van der Waals surface area contributed by atoms with Crippen LogP contribution in [-0.4, -0.2) is 4.98 Å². The van der Waals surface area contributed by atoms with Crippen molar-refractivity contribution in [3.63, 3.8) is 0 Å². The van der Waals surface area contributed by atoms with Gasteiger partial charge < -0.3 is 4.90 Å². The van der Waals surface area contributed by atoms with E-state index in [1.807, 2.05) is 29.3 Å². The second kappa shape index (κ2) is 18.6. The minimum Gasteiger partial charge on any atom is -0.310 e. The summed E-state index contributed by atoms with van der Waals surface area (Å²) >= 11 is 0. The number of benzene rings is 12. The lowest BCUT2D eigenvalue weighted by Gasteiger charge is -2.28. The maximum atomic E-state index is 14.3. The molecule has 2 aliphatic rings. The molecule has 0 atom stereocenters. The molecule has 83 heavy (non-hydrogen) atoms. The number of hydrogen-bond donors (Lipinski definition) is 0. The van der Waals surface area contributed by atoms with Crippen LogP contribution < -0.4 is 9.80 Å². The van der Waals surface area contributed by atoms with Crippen molar-refractivity contribution < 1.29 is 13.2 Å². The van der Waals surface area contributed by atoms with E-state index in [0.717, 1.165) is 94.8 Å². The first kappa shape index (κ1) is 50.2. The number of nitrogens with zero attached hydrogens (tertiary/aromatic N) is 3. The highest BCUT2D eigenvalue weighted by Gasteiger charge is 2.38. The lowest BCUT2D eigenvalue weighted by Crippen LogP contribution is -2.15. The molecule has 0 spiro atoms. The van der Waals surface area contributed by atoms with Gasteiger partial charge in [0.2, 0.25) is 0 Å². The minimum absolute atomic E-state index is 0.279. The Morgan fingerprint density at radius 2 is 0.783 bits per heavy atom. The predicted octanol–water partition coefficient (Wildman–Crippen LogP) is 21.9. The number of hydrogen-bond acceptors (Lipinski definition) is 3. The normalized spacial score (nSPS) is 13.7. The quantitative estimate of drug-likeness (QED) is 0.141. The summed E-state index contributed by atoms with van der Waals surface area (Å²) in [5.41, 5.74) is 18.5. The number of pyridine rings is 1. The highest BCUT2D eigenvalue weighted by atomic mass is 19.4. The minimum atomic E-state index is -4.51. The molecule has 1 aromatic heterocycles. The number of halogens is 3. The molecule has 13 aromatic rings. The van der Waals surface area contributed by atoms with E-state index >= 15 is 0 Å². The van der Waals surface area contributed by atoms with Gasteiger partial charge in [0.15, 0.2) is 0 Å². The Morgan fingerprint density at radius 3 is 1.35 bits per heavy atom. The SMILES string of the molecule is Cc1ccc(N(c2ccc3ccccc3c2)c2ccc3c(-c4ccc5c(c4)C(C)(C)c4ccccc4-5)c4cc(N(c5ccc(C(F)(F)F)cc5)c5ccc6ccccc6c5)ncc4c(-c4ccc5c(c4)C(C)(C)c4ccccc4-5)c3c2)cc1. The Bertz CT molecular complexity index is 4800. The fourth-order valence-corrected chi connectivity index (χ4v) is 13.7. The number of anilines is 6. The van der Waals surface area contributed by atoms with Gasteiger partial charge in [0.1, 0.15) is 5.82 Å². The van der Waals surface area contributed by atoms with Gasteiger partial charge in [0, 0.05) is 50.8 Å². The second-order valence-electron chi connectivity index (χ2n) is 23.5. The summed E-state index contributed by atoms with van der Waals surface area (Å²) in [6, 6.07) is 84.3. The van der Waals surface area contributed by atoms with E-state index in [0.29, 0.717) is 11.5 Å². The third-order valence-electron chi connectivity index (χ3n) is 17.9. The largest absolute Gasteiger partial charge is 0.416 e. The van der Waals surface area contributed by atoms with Crippen LogP contribution >= 0.6 is 0 Å². The lowest BCUT2D eigenvalue weighted by molar-refractivity contribution is -0.137. The highest BCUT2D eigenvalue weighted by Crippen LogP contribution is 2.55. The van der Waals surface area contributed by atoms with Crippen molar-refractivity contribution in [3.8, 4) is 44.5 Å². The Balaban J connectivity index is 1.05. The number of alkyl halides is 3. The van der Waals surface area contributed by atoms with Gasteiger partial charge in [-0.15, -0.1) is 0 Å². The Morgan fingerprint density at radius 1 is 0.349 bits per heavy atom. The first-order valence-electron chi connectivity index (χ1n) is 28.4. The molecule has 0 unspecified atom stereocenters. The summed E-state index contributed by atoms with van der Waals surface area (Å²) in [5, 5.41) is 8.39. The summed E-state index contributed by atoms with van der Waals surface area (Å²) < 4.78 is 42.9. The zero-order valence-corrected chi connectivity index (χ0v) is 46.6. The van der Waals surface area contributed by atoms with Crippen LogP contribution in [0.25, 0.3) is 87.6 Å². The summed E-state index contributed by atoms with van der Waals surface area (Å²) in [4.78, 5) is 9.82. The monoisotopic (exact) mass is 1080 g/mol. The van der Waals surface area contributed by atoms with E-state index in [2.05, 4.69) is 240 Å². The van der Waals surface area contributed by atoms with Gasteiger partial charge in [-0.3, -0.25) is 4.90 Å². The molecule has 2 aliphatic carbocycles. The molecule has 0 saturated carbocycles. The maximum absolute atomic E-state index is 14.3. The Labute approximate surface area is 481 Å². The molecule has 3 nitrogen and oxygen atoms in total. The van der Waals surface area contributed by atoms with Gasteiger partial charge in [-0.1, -0.05) is 185 Å². The van der Waals surface area contributed by atoms with E-state index in [4.69, 9.17) is 4.98 Å². The van der Waals surface area contributed by atoms with Crippen molar-refractivity contribution in [2.24, 2.45) is 0 Å². The zero-order valence-electron chi connectivity index (χ0n) is 46.6. The maximum Gasteiger partial charge on any atom is 0.416 e. The Hall–Kier alpha value is -9.78. The Kier molecular flexibility index (Phi) is 11.3. The van der Waals surface area contributed by atoms with Crippen molar-refractivity contribution >= 4 is 77.3 Å². The molecule has 0 aliphatic heterocycles. The van der Waals surface area contributed by atoms with Gasteiger partial charge in [-0.25, -0.2) is 4.98 Å². The zero-order chi connectivity index (χ0) is 56.5. The average Bonchev–Trinajstić information content (AvgIpc) is 3.04. The van der Waals surface area contributed by atoms with E-state index in [1.165, 1.54) is 55.5 Å². The van der Waals surface area contributed by atoms with Crippen LogP contribution in [-0.2, 0) is 17.0 Å². The third kappa shape index (κ3) is 8.06. The summed E-state index contributed by atoms with van der Waals surface area (Å²) in [6.45, 7) is 11.4. The van der Waals surface area contributed by atoms with Crippen LogP contribution in [0.5, 0.6) is 0 Å². The van der Waals surface area contributed by atoms with Crippen molar-refractivity contribution in [1.29, 1.82) is 0 Å². The molecule has 6 heteroatoms. The molecule has 12 aromatic carbocycles. The topological polar surface area (TPSA) is 19.4 Å². The lowest BCUT2D eigenvalue weighted by atomic mass is 9.79. The molecule has 0 bridgehead atoms. The van der Waals surface area contributed by atoms with Gasteiger partial charge in [-0.05, 0) is 202 Å². The van der Waals surface area contributed by atoms with E-state index in [1.54, 1.807) is 12.1 Å². The molecular weight excluding hydrogens is 1020 g/mol. The van der Waals surface area contributed by atoms with E-state index < -0.39 is 11.7 Å². The molecule has 400 valence electrons. The standard InChI is InChI=1S/C77H56F3N3/c1-47-22-30-55(31-23-47)82(57-32-24-48-14-6-8-16-50(48)40-57)59-36-39-64-65(44-59)74(53-27-38-63-61-19-11-13-21-69(61)76(4,5)71(63)43-53)67-46-81-72(45-66(67)73(64)52-26-37-62-60-18-10-12-20-68(60)75(2,3)70(62)42-52)83(56-34-28-54(29-35-56)77(78,79)80)58-33-25-49-15-7-9-17-51(49)41-58/h6-46H,1-5H3. The first-order chi connectivity index (χ1) is 40.2. The van der Waals surface area contributed by atoms with Crippen LogP contribution in [0.3, 0.4) is 0 Å². The highest BCUT2D eigenvalue weighted by molar-refractivity contribution is 6.23. The fourth-order valence-electron chi connectivity index (χ4n) is 13.7. The number of rotatable bonds is 8. The third-order valence-corrected chi connectivity index (χ3v) is 17.9. The van der Waals surface area contributed by atoms with Crippen LogP contribution in [0.15, 0.2) is 249 Å². The molecule has 0 fully saturated rings. The summed E-state index contributed by atoms with van der Waals surface area (Å²) in [6.07, 6.45) is -2.50. The summed E-state index contributed by atoms with van der Waals surface area (Å²) in [7, 11) is 0. The molecular formula is C77H56F3N3. The van der Waals surface area contributed by atoms with Crippen molar-refractivity contribution in [3.05, 3.63) is 282 Å². The van der Waals surface area contributed by atoms with Crippen molar-refractivity contribution in [2.75, 3.05) is 9.80 Å². The summed E-state index contributed by atoms with van der Waals surface area (Å²) in [5.74, 6) is 0.567. The fraction of sp³-hybridized carbons (Fsp3) is 0.104. The van der Waals surface area contributed by atoms with Crippen molar-refractivity contribution in [1.82, 2.24) is 4.98 Å². The molecule has 15 rings (SSSR count). The molecule has 0 amide bonds. The van der Waals surface area contributed by atoms with Gasteiger partial charge in [0.25, 0.3) is 0 Å². The number of aryl methyl sites for hydroxylation is 1. The number of aromatic nitrogens is 1. The van der Waals surface area contributed by atoms with Gasteiger partial charge in [0.05, 0.1) is 5.56 Å². The number of fused-ring (bicyclic) bond motifs is 10. The molecule has 0 saturated heterocycles. The van der Waals surface area contributed by atoms with Gasteiger partial charge in [-0.2, -0.15) is 13.2 Å². The molecule has 0 radical (unpaired) electrons. The second-order valence-corrected chi connectivity index (χ2v) is 23.5. The van der Waals surface area contributed by atoms with Crippen LogP contribution in [0.2, 0.25) is 0 Å². The van der Waals surface area contributed by atoms with E-state index in [9.17, 15) is 13.2 Å². The first-order valence-corrected chi connectivity index (χ1v) is 28.4. The smallest absolute Gasteiger partial charge is 0.310 e. The predicted molar refractivity (Wildman–Crippen MR) is 339 cm³/mol. The molecule has 0 N–H and O–H groups in total. The van der Waals surface area contributed by atoms with Gasteiger partial charge >= 0.3 is 6.18 Å².